The highest BCUT2D eigenvalue weighted by Crippen LogP contribution is 2.72. The fourth-order valence-corrected chi connectivity index (χ4v) is 4.27. The van der Waals surface area contributed by atoms with Gasteiger partial charge in [-0.25, -0.2) is 0 Å². The first-order valence-corrected chi connectivity index (χ1v) is 7.94. The highest BCUT2D eigenvalue weighted by atomic mass is 19.4. The first-order chi connectivity index (χ1) is 10.3. The molecule has 0 radical (unpaired) electrons. The number of rotatable bonds is 4. The van der Waals surface area contributed by atoms with Crippen LogP contribution in [0.3, 0.4) is 0 Å². The lowest BCUT2D eigenvalue weighted by Gasteiger charge is -2.35. The van der Waals surface area contributed by atoms with Crippen molar-refractivity contribution in [3.8, 4) is 0 Å². The maximum absolute atomic E-state index is 13.3. The molecule has 3 rings (SSSR count). The Morgan fingerprint density at radius 2 is 1.95 bits per heavy atom. The fraction of sp³-hybridized carbons (Fsp3) is 0.933. The predicted molar refractivity (Wildman–Crippen MR) is 74.2 cm³/mol. The molecule has 1 saturated carbocycles. The van der Waals surface area contributed by atoms with Gasteiger partial charge >= 0.3 is 6.18 Å². The van der Waals surface area contributed by atoms with Crippen molar-refractivity contribution in [3.05, 3.63) is 0 Å². The molecule has 0 aromatic carbocycles. The Hall–Kier alpha value is -0.820. The van der Waals surface area contributed by atoms with E-state index in [1.807, 2.05) is 6.92 Å². The van der Waals surface area contributed by atoms with Crippen LogP contribution >= 0.6 is 0 Å². The van der Waals surface area contributed by atoms with E-state index < -0.39 is 22.4 Å². The number of hydrogen-bond donors (Lipinski definition) is 2. The number of amides is 1. The first kappa shape index (κ1) is 16.1. The lowest BCUT2D eigenvalue weighted by atomic mass is 9.77. The molecular weight excluding hydrogens is 297 g/mol. The third-order valence-electron chi connectivity index (χ3n) is 6.16. The second-order valence-corrected chi connectivity index (χ2v) is 7.07. The summed E-state index contributed by atoms with van der Waals surface area (Å²) < 4.78 is 45.2. The minimum atomic E-state index is -4.21. The molecule has 22 heavy (non-hydrogen) atoms. The smallest absolute Gasteiger partial charge is 0.381 e. The molecule has 126 valence electrons. The van der Waals surface area contributed by atoms with Crippen LogP contribution in [0.25, 0.3) is 0 Å². The van der Waals surface area contributed by atoms with Crippen LogP contribution in [-0.2, 0) is 9.53 Å². The third kappa shape index (κ3) is 2.16. The molecule has 2 atom stereocenters. The highest BCUT2D eigenvalue weighted by molar-refractivity contribution is 5.82. The van der Waals surface area contributed by atoms with Gasteiger partial charge in [0, 0.05) is 38.3 Å². The normalized spacial score (nSPS) is 36.7. The van der Waals surface area contributed by atoms with Crippen molar-refractivity contribution in [2.45, 2.75) is 38.8 Å². The SMILES string of the molecule is CCC1(C(=O)NC[C@@]23CNC[C@]2(C(F)(F)F)C3)CCOCC1. The van der Waals surface area contributed by atoms with Gasteiger partial charge in [0.1, 0.15) is 0 Å². The monoisotopic (exact) mass is 320 g/mol. The van der Waals surface area contributed by atoms with E-state index in [1.165, 1.54) is 0 Å². The average Bonchev–Trinajstić information content (AvgIpc) is 3.02. The summed E-state index contributed by atoms with van der Waals surface area (Å²) in [4.78, 5) is 12.6. The Bertz CT molecular complexity index is 462. The Kier molecular flexibility index (Phi) is 3.72. The molecule has 0 aromatic heterocycles. The number of hydrogen-bond acceptors (Lipinski definition) is 3. The minimum absolute atomic E-state index is 0.0286. The van der Waals surface area contributed by atoms with Crippen LogP contribution in [0.15, 0.2) is 0 Å². The van der Waals surface area contributed by atoms with E-state index >= 15 is 0 Å². The van der Waals surface area contributed by atoms with Crippen LogP contribution in [0.2, 0.25) is 0 Å². The molecule has 1 aliphatic carbocycles. The number of carbonyl (C=O) groups is 1. The summed E-state index contributed by atoms with van der Waals surface area (Å²) in [6, 6.07) is 0. The zero-order valence-corrected chi connectivity index (χ0v) is 12.8. The number of fused-ring (bicyclic) bond motifs is 1. The topological polar surface area (TPSA) is 50.4 Å². The summed E-state index contributed by atoms with van der Waals surface area (Å²) in [7, 11) is 0. The molecular formula is C15H23F3N2O2. The van der Waals surface area contributed by atoms with Crippen LogP contribution in [0.4, 0.5) is 13.2 Å². The molecule has 0 unspecified atom stereocenters. The fourth-order valence-electron chi connectivity index (χ4n) is 4.27. The number of ether oxygens (including phenoxy) is 1. The Morgan fingerprint density at radius 1 is 1.27 bits per heavy atom. The summed E-state index contributed by atoms with van der Waals surface area (Å²) in [6.07, 6.45) is -2.10. The van der Waals surface area contributed by atoms with Gasteiger partial charge in [0.05, 0.1) is 10.8 Å². The van der Waals surface area contributed by atoms with Gasteiger partial charge in [0.15, 0.2) is 0 Å². The molecule has 2 N–H and O–H groups in total. The lowest BCUT2D eigenvalue weighted by molar-refractivity contribution is -0.190. The van der Waals surface area contributed by atoms with Gasteiger partial charge in [0.2, 0.25) is 5.91 Å². The molecule has 3 aliphatic rings. The largest absolute Gasteiger partial charge is 0.396 e. The summed E-state index contributed by atoms with van der Waals surface area (Å²) in [6.45, 7) is 3.45. The maximum atomic E-state index is 13.3. The van der Waals surface area contributed by atoms with Crippen molar-refractivity contribution < 1.29 is 22.7 Å². The number of carbonyl (C=O) groups excluding carboxylic acids is 1. The van der Waals surface area contributed by atoms with E-state index in [0.717, 1.165) is 0 Å². The second kappa shape index (κ2) is 5.09. The van der Waals surface area contributed by atoms with Crippen LogP contribution in [0, 0.1) is 16.2 Å². The second-order valence-electron chi connectivity index (χ2n) is 7.07. The minimum Gasteiger partial charge on any atom is -0.381 e. The molecule has 2 heterocycles. The van der Waals surface area contributed by atoms with Crippen molar-refractivity contribution in [1.29, 1.82) is 0 Å². The van der Waals surface area contributed by atoms with E-state index in [1.54, 1.807) is 0 Å². The summed E-state index contributed by atoms with van der Waals surface area (Å²) in [5.41, 5.74) is -2.96. The molecule has 0 bridgehead atoms. The Labute approximate surface area is 128 Å². The predicted octanol–water partition coefficient (Wildman–Crippen LogP) is 1.85. The zero-order chi connectivity index (χ0) is 16.1. The van der Waals surface area contributed by atoms with Gasteiger partial charge in [-0.15, -0.1) is 0 Å². The maximum Gasteiger partial charge on any atom is 0.396 e. The number of piperidine rings is 1. The molecule has 3 fully saturated rings. The van der Waals surface area contributed by atoms with Gasteiger partial charge in [-0.05, 0) is 25.7 Å². The van der Waals surface area contributed by atoms with Crippen LogP contribution < -0.4 is 10.6 Å². The quantitative estimate of drug-likeness (QED) is 0.831. The van der Waals surface area contributed by atoms with E-state index in [2.05, 4.69) is 10.6 Å². The van der Waals surface area contributed by atoms with Crippen molar-refractivity contribution >= 4 is 5.91 Å². The molecule has 0 spiro atoms. The third-order valence-corrected chi connectivity index (χ3v) is 6.16. The van der Waals surface area contributed by atoms with Gasteiger partial charge in [-0.1, -0.05) is 6.92 Å². The molecule has 2 saturated heterocycles. The number of alkyl halides is 3. The van der Waals surface area contributed by atoms with Gasteiger partial charge in [0.25, 0.3) is 0 Å². The first-order valence-electron chi connectivity index (χ1n) is 7.94. The van der Waals surface area contributed by atoms with E-state index in [-0.39, 0.29) is 25.4 Å². The van der Waals surface area contributed by atoms with Crippen molar-refractivity contribution in [3.63, 3.8) is 0 Å². The molecule has 2 aliphatic heterocycles. The molecule has 0 aromatic rings. The van der Waals surface area contributed by atoms with Gasteiger partial charge in [-0.3, -0.25) is 4.79 Å². The standard InChI is InChI=1S/C15H23F3N2O2/c1-2-12(3-5-22-6-4-12)11(21)20-9-13-7-14(13,10-19-8-13)15(16,17)18/h19H,2-10H2,1H3,(H,20,21)/t13-,14-/m1/s1. The lowest BCUT2D eigenvalue weighted by Crippen LogP contribution is -2.47. The number of nitrogens with one attached hydrogen (secondary N) is 2. The molecule has 7 heteroatoms. The summed E-state index contributed by atoms with van der Waals surface area (Å²) >= 11 is 0. The average molecular weight is 320 g/mol. The van der Waals surface area contributed by atoms with Crippen LogP contribution in [-0.4, -0.2) is 44.9 Å². The van der Waals surface area contributed by atoms with E-state index in [4.69, 9.17) is 4.74 Å². The van der Waals surface area contributed by atoms with Crippen LogP contribution in [0.1, 0.15) is 32.6 Å². The van der Waals surface area contributed by atoms with Crippen molar-refractivity contribution in [2.75, 3.05) is 32.8 Å². The van der Waals surface area contributed by atoms with E-state index in [0.29, 0.717) is 39.0 Å². The van der Waals surface area contributed by atoms with Gasteiger partial charge < -0.3 is 15.4 Å². The van der Waals surface area contributed by atoms with Crippen LogP contribution in [0.5, 0.6) is 0 Å². The van der Waals surface area contributed by atoms with Gasteiger partial charge in [-0.2, -0.15) is 13.2 Å². The Balaban J connectivity index is 1.65. The highest BCUT2D eigenvalue weighted by Gasteiger charge is 2.81. The molecule has 1 amide bonds. The van der Waals surface area contributed by atoms with E-state index in [9.17, 15) is 18.0 Å². The molecule has 4 nitrogen and oxygen atoms in total. The summed E-state index contributed by atoms with van der Waals surface area (Å²) in [5.74, 6) is -0.109. The Morgan fingerprint density at radius 3 is 2.50 bits per heavy atom. The zero-order valence-electron chi connectivity index (χ0n) is 12.8. The van der Waals surface area contributed by atoms with Crippen molar-refractivity contribution in [1.82, 2.24) is 10.6 Å². The number of halogens is 3. The summed E-state index contributed by atoms with van der Waals surface area (Å²) in [5, 5.41) is 5.68. The van der Waals surface area contributed by atoms with Crippen molar-refractivity contribution in [2.24, 2.45) is 16.2 Å².